The number of allylic oxidation sites excluding steroid dienone is 2. The van der Waals surface area contributed by atoms with Crippen LogP contribution in [-0.2, 0) is 11.2 Å². The van der Waals surface area contributed by atoms with Crippen LogP contribution < -0.4 is 0 Å². The lowest BCUT2D eigenvalue weighted by Crippen LogP contribution is -2.17. The van der Waals surface area contributed by atoms with Crippen LogP contribution in [0, 0.1) is 5.92 Å². The van der Waals surface area contributed by atoms with E-state index in [0.717, 1.165) is 44.7 Å². The Labute approximate surface area is 142 Å². The average molecular weight is 324 g/mol. The number of rotatable bonds is 2. The van der Waals surface area contributed by atoms with Gasteiger partial charge in [0, 0.05) is 38.3 Å². The third-order valence-corrected chi connectivity index (χ3v) is 5.86. The van der Waals surface area contributed by atoms with Gasteiger partial charge in [0.15, 0.2) is 5.65 Å². The summed E-state index contributed by atoms with van der Waals surface area (Å²) in [5.74, 6) is 1.17. The Balaban J connectivity index is 1.55. The number of likely N-dealkylation sites (N-methyl/N-ethyl adjacent to an activating group) is 1. The molecule has 24 heavy (non-hydrogen) atoms. The van der Waals surface area contributed by atoms with Crippen LogP contribution in [0.5, 0.6) is 0 Å². The van der Waals surface area contributed by atoms with E-state index in [0.29, 0.717) is 11.8 Å². The zero-order chi connectivity index (χ0) is 16.1. The highest BCUT2D eigenvalue weighted by Crippen LogP contribution is 2.37. The largest absolute Gasteiger partial charge is 0.381 e. The molecule has 1 atom stereocenters. The zero-order valence-electron chi connectivity index (χ0n) is 14.2. The van der Waals surface area contributed by atoms with Crippen molar-refractivity contribution in [2.24, 2.45) is 5.92 Å². The molecule has 0 saturated carbocycles. The number of hydrogen-bond acceptors (Lipinski definition) is 4. The maximum Gasteiger partial charge on any atom is 0.156 e. The van der Waals surface area contributed by atoms with Gasteiger partial charge in [0.2, 0.25) is 0 Å². The standard InChI is InChI=1S/C19H24N4O/c1-22-7-4-14(11-22)17-12-23-18(21-17)10-20-16-3-2-15(19(16)23)13-5-8-24-9-6-13/h2,10,12-14H,3-9,11H2,1H3. The van der Waals surface area contributed by atoms with Gasteiger partial charge in [-0.05, 0) is 44.3 Å². The second-order valence-electron chi connectivity index (χ2n) is 7.45. The molecular weight excluding hydrogens is 300 g/mol. The number of fused-ring (bicyclic) bond motifs is 3. The zero-order valence-corrected chi connectivity index (χ0v) is 14.2. The van der Waals surface area contributed by atoms with Gasteiger partial charge in [0.05, 0.1) is 23.3 Å². The molecule has 1 aliphatic carbocycles. The van der Waals surface area contributed by atoms with Gasteiger partial charge in [-0.15, -0.1) is 0 Å². The highest BCUT2D eigenvalue weighted by molar-refractivity contribution is 5.73. The quantitative estimate of drug-likeness (QED) is 0.851. The van der Waals surface area contributed by atoms with Gasteiger partial charge in [-0.1, -0.05) is 6.08 Å². The maximum absolute atomic E-state index is 5.55. The summed E-state index contributed by atoms with van der Waals surface area (Å²) < 4.78 is 7.86. The van der Waals surface area contributed by atoms with Gasteiger partial charge in [-0.3, -0.25) is 9.38 Å². The summed E-state index contributed by atoms with van der Waals surface area (Å²) in [6, 6.07) is 0. The van der Waals surface area contributed by atoms with Crippen molar-refractivity contribution in [1.29, 1.82) is 0 Å². The van der Waals surface area contributed by atoms with E-state index in [2.05, 4.69) is 28.6 Å². The molecule has 4 heterocycles. The summed E-state index contributed by atoms with van der Waals surface area (Å²) in [4.78, 5) is 12.0. The van der Waals surface area contributed by atoms with E-state index in [1.54, 1.807) is 0 Å². The van der Waals surface area contributed by atoms with Crippen molar-refractivity contribution in [2.75, 3.05) is 33.4 Å². The molecule has 2 aliphatic heterocycles. The van der Waals surface area contributed by atoms with Crippen LogP contribution >= 0.6 is 0 Å². The van der Waals surface area contributed by atoms with E-state index >= 15 is 0 Å². The first-order valence-corrected chi connectivity index (χ1v) is 9.13. The fourth-order valence-corrected chi connectivity index (χ4v) is 4.52. The Bertz CT molecular complexity index is 803. The number of likely N-dealkylation sites (tertiary alicyclic amines) is 1. The first-order valence-electron chi connectivity index (χ1n) is 9.13. The van der Waals surface area contributed by atoms with Gasteiger partial charge in [-0.25, -0.2) is 4.98 Å². The second-order valence-corrected chi connectivity index (χ2v) is 7.45. The van der Waals surface area contributed by atoms with Crippen LogP contribution in [-0.4, -0.2) is 52.6 Å². The fraction of sp³-hybridized carbons (Fsp3) is 0.579. The molecule has 5 rings (SSSR count). The summed E-state index contributed by atoms with van der Waals surface area (Å²) in [6.45, 7) is 4.04. The number of ether oxygens (including phenoxy) is 1. The van der Waals surface area contributed by atoms with Crippen LogP contribution in [0.25, 0.3) is 11.2 Å². The van der Waals surface area contributed by atoms with Crippen LogP contribution in [0.15, 0.2) is 18.5 Å². The SMILES string of the molecule is CN1CCC(c2cn3c4c(ncc3n2)CC=C4C2CCOCC2)C1. The highest BCUT2D eigenvalue weighted by Gasteiger charge is 2.29. The molecule has 1 unspecified atom stereocenters. The molecule has 0 amide bonds. The minimum absolute atomic E-state index is 0.558. The fourth-order valence-electron chi connectivity index (χ4n) is 4.52. The molecule has 0 spiro atoms. The van der Waals surface area contributed by atoms with Gasteiger partial charge in [0.25, 0.3) is 0 Å². The summed E-state index contributed by atoms with van der Waals surface area (Å²) in [5.41, 5.74) is 6.21. The summed E-state index contributed by atoms with van der Waals surface area (Å²) in [6.07, 6.45) is 11.0. The maximum atomic E-state index is 5.55. The predicted molar refractivity (Wildman–Crippen MR) is 93.1 cm³/mol. The van der Waals surface area contributed by atoms with E-state index < -0.39 is 0 Å². The van der Waals surface area contributed by atoms with E-state index in [1.165, 1.54) is 35.6 Å². The van der Waals surface area contributed by atoms with Crippen molar-refractivity contribution in [3.05, 3.63) is 35.6 Å². The number of hydrogen-bond donors (Lipinski definition) is 0. The smallest absolute Gasteiger partial charge is 0.156 e. The van der Waals surface area contributed by atoms with Crippen LogP contribution in [0.1, 0.15) is 42.3 Å². The summed E-state index contributed by atoms with van der Waals surface area (Å²) in [7, 11) is 2.20. The number of aromatic nitrogens is 3. The lowest BCUT2D eigenvalue weighted by Gasteiger charge is -2.24. The molecule has 126 valence electrons. The molecule has 3 aliphatic rings. The monoisotopic (exact) mass is 324 g/mol. The van der Waals surface area contributed by atoms with Gasteiger partial charge in [-0.2, -0.15) is 0 Å². The minimum atomic E-state index is 0.558. The Morgan fingerprint density at radius 2 is 2.04 bits per heavy atom. The third-order valence-electron chi connectivity index (χ3n) is 5.86. The van der Waals surface area contributed by atoms with Crippen molar-refractivity contribution < 1.29 is 4.74 Å². The average Bonchev–Trinajstić information content (AvgIpc) is 3.31. The van der Waals surface area contributed by atoms with Crippen molar-refractivity contribution in [2.45, 2.75) is 31.6 Å². The third kappa shape index (κ3) is 2.30. The van der Waals surface area contributed by atoms with E-state index in [9.17, 15) is 0 Å². The predicted octanol–water partition coefficient (Wildman–Crippen LogP) is 2.51. The highest BCUT2D eigenvalue weighted by atomic mass is 16.5. The summed E-state index contributed by atoms with van der Waals surface area (Å²) in [5, 5.41) is 0. The van der Waals surface area contributed by atoms with E-state index in [1.807, 2.05) is 6.20 Å². The topological polar surface area (TPSA) is 42.7 Å². The normalized spacial score (nSPS) is 25.4. The van der Waals surface area contributed by atoms with Crippen LogP contribution in [0.4, 0.5) is 0 Å². The molecule has 0 radical (unpaired) electrons. The van der Waals surface area contributed by atoms with Crippen LogP contribution in [0.2, 0.25) is 0 Å². The van der Waals surface area contributed by atoms with Crippen molar-refractivity contribution in [1.82, 2.24) is 19.3 Å². The first-order chi connectivity index (χ1) is 11.8. The van der Waals surface area contributed by atoms with Gasteiger partial charge >= 0.3 is 0 Å². The Hall–Kier alpha value is -1.72. The number of nitrogens with zero attached hydrogens (tertiary/aromatic N) is 4. The first kappa shape index (κ1) is 14.6. The molecule has 5 heteroatoms. The van der Waals surface area contributed by atoms with E-state index in [4.69, 9.17) is 14.7 Å². The van der Waals surface area contributed by atoms with Crippen molar-refractivity contribution >= 4 is 11.2 Å². The van der Waals surface area contributed by atoms with Gasteiger partial charge in [0.1, 0.15) is 0 Å². The molecule has 0 N–H and O–H groups in total. The molecular formula is C19H24N4O. The summed E-state index contributed by atoms with van der Waals surface area (Å²) >= 11 is 0. The van der Waals surface area contributed by atoms with Gasteiger partial charge < -0.3 is 9.64 Å². The molecule has 2 aromatic heterocycles. The van der Waals surface area contributed by atoms with Crippen molar-refractivity contribution in [3.63, 3.8) is 0 Å². The molecule has 0 bridgehead atoms. The molecule has 5 nitrogen and oxygen atoms in total. The van der Waals surface area contributed by atoms with Crippen LogP contribution in [0.3, 0.4) is 0 Å². The molecule has 2 saturated heterocycles. The number of imidazole rings is 1. The lowest BCUT2D eigenvalue weighted by molar-refractivity contribution is 0.0807. The second kappa shape index (κ2) is 5.67. The Kier molecular flexibility index (Phi) is 3.45. The molecule has 2 aromatic rings. The van der Waals surface area contributed by atoms with Crippen molar-refractivity contribution in [3.8, 4) is 0 Å². The lowest BCUT2D eigenvalue weighted by atomic mass is 9.90. The Morgan fingerprint density at radius 3 is 2.83 bits per heavy atom. The molecule has 0 aromatic carbocycles. The molecule has 2 fully saturated rings. The van der Waals surface area contributed by atoms with E-state index in [-0.39, 0.29) is 0 Å². The Morgan fingerprint density at radius 1 is 1.17 bits per heavy atom. The minimum Gasteiger partial charge on any atom is -0.381 e.